The average Bonchev–Trinajstić information content (AvgIpc) is 2.68. The third-order valence-corrected chi connectivity index (χ3v) is 3.80. The first kappa shape index (κ1) is 21.5. The first-order valence-electron chi connectivity index (χ1n) is 8.65. The van der Waals surface area contributed by atoms with Crippen LogP contribution in [0.5, 0.6) is 17.4 Å². The number of amides is 1. The van der Waals surface area contributed by atoms with Crippen LogP contribution in [0, 0.1) is 0 Å². The Morgan fingerprint density at radius 3 is 2.79 bits per heavy atom. The van der Waals surface area contributed by atoms with E-state index in [0.29, 0.717) is 53.5 Å². The Morgan fingerprint density at radius 2 is 2.07 bits per heavy atom. The maximum atomic E-state index is 12.3. The fourth-order valence-electron chi connectivity index (χ4n) is 2.31. The van der Waals surface area contributed by atoms with Crippen LogP contribution in [0.1, 0.15) is 12.5 Å². The number of carbonyl (C=O) groups excluding carboxylic acids is 1. The smallest absolute Gasteiger partial charge is 0.248 e. The Bertz CT molecular complexity index is 826. The first-order chi connectivity index (χ1) is 13.6. The molecule has 1 N–H and O–H groups in total. The third-order valence-electron chi connectivity index (χ3n) is 3.52. The van der Waals surface area contributed by atoms with E-state index in [1.54, 1.807) is 43.6 Å². The summed E-state index contributed by atoms with van der Waals surface area (Å²) in [5.74, 6) is 0.957. The quantitative estimate of drug-likeness (QED) is 0.477. The van der Waals surface area contributed by atoms with E-state index in [1.165, 1.54) is 13.2 Å². The molecule has 0 unspecified atom stereocenters. The van der Waals surface area contributed by atoms with Crippen molar-refractivity contribution in [3.8, 4) is 17.4 Å². The number of benzene rings is 1. The number of anilines is 1. The number of carbonyl (C=O) groups is 1. The van der Waals surface area contributed by atoms with Gasteiger partial charge < -0.3 is 24.3 Å². The molecule has 1 amide bonds. The fraction of sp³-hybridized carbons (Fsp3) is 0.300. The van der Waals surface area contributed by atoms with E-state index >= 15 is 0 Å². The molecule has 28 heavy (non-hydrogen) atoms. The predicted molar refractivity (Wildman–Crippen MR) is 108 cm³/mol. The highest BCUT2D eigenvalue weighted by Crippen LogP contribution is 2.36. The second-order valence-electron chi connectivity index (χ2n) is 5.49. The Balaban J connectivity index is 2.10. The molecule has 0 spiro atoms. The molecule has 0 saturated heterocycles. The summed E-state index contributed by atoms with van der Waals surface area (Å²) in [5.41, 5.74) is 1.17. The number of ether oxygens (including phenoxy) is 4. The molecule has 0 aliphatic carbocycles. The molecule has 2 rings (SSSR count). The summed E-state index contributed by atoms with van der Waals surface area (Å²) in [6, 6.07) is 6.86. The monoisotopic (exact) mass is 406 g/mol. The summed E-state index contributed by atoms with van der Waals surface area (Å²) in [7, 11) is 3.10. The summed E-state index contributed by atoms with van der Waals surface area (Å²) < 4.78 is 21.2. The minimum atomic E-state index is -0.338. The van der Waals surface area contributed by atoms with Gasteiger partial charge >= 0.3 is 0 Å². The zero-order valence-corrected chi connectivity index (χ0v) is 16.8. The highest BCUT2D eigenvalue weighted by atomic mass is 35.5. The Morgan fingerprint density at radius 1 is 1.25 bits per heavy atom. The van der Waals surface area contributed by atoms with Crippen LogP contribution < -0.4 is 19.5 Å². The molecule has 0 radical (unpaired) electrons. The van der Waals surface area contributed by atoms with E-state index in [-0.39, 0.29) is 5.91 Å². The van der Waals surface area contributed by atoms with Crippen LogP contribution in [0.4, 0.5) is 5.69 Å². The molecule has 1 heterocycles. The highest BCUT2D eigenvalue weighted by molar-refractivity contribution is 6.32. The Hall–Kier alpha value is -2.77. The van der Waals surface area contributed by atoms with Crippen LogP contribution >= 0.6 is 11.6 Å². The standard InChI is InChI=1S/C20H23ClN2O5/c1-4-27-17-13-14(12-15(21)19(17)26-3)7-8-18(24)23-16-6-5-9-22-20(16)28-11-10-25-2/h5-9,12-13H,4,10-11H2,1-3H3,(H,23,24)/b8-7+. The number of pyridine rings is 1. The first-order valence-corrected chi connectivity index (χ1v) is 9.03. The molecule has 0 aliphatic heterocycles. The second kappa shape index (κ2) is 11.2. The largest absolute Gasteiger partial charge is 0.491 e. The molecule has 0 fully saturated rings. The van der Waals surface area contributed by atoms with Crippen molar-refractivity contribution in [2.75, 3.05) is 39.4 Å². The van der Waals surface area contributed by atoms with Crippen LogP contribution in [0.2, 0.25) is 5.02 Å². The number of aromatic nitrogens is 1. The lowest BCUT2D eigenvalue weighted by atomic mass is 10.2. The molecule has 2 aromatic rings. The van der Waals surface area contributed by atoms with Gasteiger partial charge in [-0.2, -0.15) is 0 Å². The van der Waals surface area contributed by atoms with Gasteiger partial charge in [-0.05, 0) is 42.8 Å². The molecule has 1 aromatic heterocycles. The van der Waals surface area contributed by atoms with Crippen molar-refractivity contribution in [2.45, 2.75) is 6.92 Å². The van der Waals surface area contributed by atoms with E-state index in [0.717, 1.165) is 0 Å². The number of nitrogens with zero attached hydrogens (tertiary/aromatic N) is 1. The number of halogens is 1. The van der Waals surface area contributed by atoms with Crippen LogP contribution in [-0.4, -0.2) is 44.9 Å². The van der Waals surface area contributed by atoms with Crippen LogP contribution in [0.3, 0.4) is 0 Å². The molecule has 1 aromatic carbocycles. The van der Waals surface area contributed by atoms with Crippen molar-refractivity contribution < 1.29 is 23.7 Å². The average molecular weight is 407 g/mol. The number of nitrogens with one attached hydrogen (secondary N) is 1. The summed E-state index contributed by atoms with van der Waals surface area (Å²) in [4.78, 5) is 16.4. The summed E-state index contributed by atoms with van der Waals surface area (Å²) >= 11 is 6.22. The molecule has 7 nitrogen and oxygen atoms in total. The van der Waals surface area contributed by atoms with Crippen molar-refractivity contribution >= 4 is 29.3 Å². The number of methoxy groups -OCH3 is 2. The van der Waals surface area contributed by atoms with Gasteiger partial charge in [0.25, 0.3) is 0 Å². The van der Waals surface area contributed by atoms with Crippen LogP contribution in [0.25, 0.3) is 6.08 Å². The van der Waals surface area contributed by atoms with Crippen LogP contribution in [-0.2, 0) is 9.53 Å². The minimum Gasteiger partial charge on any atom is -0.491 e. The van der Waals surface area contributed by atoms with Crippen molar-refractivity contribution in [1.82, 2.24) is 4.98 Å². The maximum Gasteiger partial charge on any atom is 0.248 e. The maximum absolute atomic E-state index is 12.3. The van der Waals surface area contributed by atoms with Gasteiger partial charge in [0.2, 0.25) is 11.8 Å². The summed E-state index contributed by atoms with van der Waals surface area (Å²) in [6.07, 6.45) is 4.60. The molecule has 0 bridgehead atoms. The summed E-state index contributed by atoms with van der Waals surface area (Å²) in [6.45, 7) is 3.08. The van der Waals surface area contributed by atoms with Gasteiger partial charge in [0.1, 0.15) is 12.3 Å². The van der Waals surface area contributed by atoms with Crippen molar-refractivity contribution in [1.29, 1.82) is 0 Å². The van der Waals surface area contributed by atoms with Gasteiger partial charge in [0, 0.05) is 19.4 Å². The molecule has 0 atom stereocenters. The molecular formula is C20H23ClN2O5. The van der Waals surface area contributed by atoms with Gasteiger partial charge in [-0.1, -0.05) is 11.6 Å². The molecule has 0 aliphatic rings. The van der Waals surface area contributed by atoms with Crippen molar-refractivity contribution in [3.63, 3.8) is 0 Å². The second-order valence-corrected chi connectivity index (χ2v) is 5.89. The Labute approximate surface area is 169 Å². The number of hydrogen-bond acceptors (Lipinski definition) is 6. The normalized spacial score (nSPS) is 10.7. The minimum absolute atomic E-state index is 0.326. The molecule has 150 valence electrons. The van der Waals surface area contributed by atoms with Gasteiger partial charge in [-0.25, -0.2) is 4.98 Å². The van der Waals surface area contributed by atoms with Crippen molar-refractivity contribution in [2.24, 2.45) is 0 Å². The zero-order valence-electron chi connectivity index (χ0n) is 16.0. The summed E-state index contributed by atoms with van der Waals surface area (Å²) in [5, 5.41) is 3.14. The van der Waals surface area contributed by atoms with E-state index in [2.05, 4.69) is 10.3 Å². The van der Waals surface area contributed by atoms with Gasteiger partial charge in [-0.15, -0.1) is 0 Å². The van der Waals surface area contributed by atoms with Crippen LogP contribution in [0.15, 0.2) is 36.5 Å². The highest BCUT2D eigenvalue weighted by Gasteiger charge is 2.11. The molecule has 8 heteroatoms. The molecule has 0 saturated carbocycles. The van der Waals surface area contributed by atoms with Crippen molar-refractivity contribution in [3.05, 3.63) is 47.1 Å². The van der Waals surface area contributed by atoms with E-state index in [4.69, 9.17) is 30.5 Å². The SMILES string of the molecule is CCOc1cc(/C=C/C(=O)Nc2cccnc2OCCOC)cc(Cl)c1OC. The lowest BCUT2D eigenvalue weighted by molar-refractivity contribution is -0.111. The number of rotatable bonds is 10. The van der Waals surface area contributed by atoms with Gasteiger partial charge in [0.05, 0.1) is 25.3 Å². The fourth-order valence-corrected chi connectivity index (χ4v) is 2.61. The topological polar surface area (TPSA) is 78.9 Å². The lowest BCUT2D eigenvalue weighted by Crippen LogP contribution is -2.12. The van der Waals surface area contributed by atoms with E-state index in [1.807, 2.05) is 6.92 Å². The Kier molecular flexibility index (Phi) is 8.58. The lowest BCUT2D eigenvalue weighted by Gasteiger charge is -2.12. The van der Waals surface area contributed by atoms with E-state index < -0.39 is 0 Å². The zero-order chi connectivity index (χ0) is 20.4. The third kappa shape index (κ3) is 6.14. The van der Waals surface area contributed by atoms with Gasteiger partial charge in [-0.3, -0.25) is 4.79 Å². The number of hydrogen-bond donors (Lipinski definition) is 1. The van der Waals surface area contributed by atoms with Gasteiger partial charge in [0.15, 0.2) is 11.5 Å². The molecular weight excluding hydrogens is 384 g/mol. The predicted octanol–water partition coefficient (Wildman–Crippen LogP) is 3.82. The van der Waals surface area contributed by atoms with E-state index in [9.17, 15) is 4.79 Å².